The average molecular weight is 378 g/mol. The highest BCUT2D eigenvalue weighted by molar-refractivity contribution is 5.84. The van der Waals surface area contributed by atoms with Crippen LogP contribution < -0.4 is 10.7 Å². The zero-order valence-corrected chi connectivity index (χ0v) is 17.8. The molecule has 2 atom stereocenters. The minimum atomic E-state index is -1.12. The quantitative estimate of drug-likeness (QED) is 0.315. The van der Waals surface area contributed by atoms with Crippen molar-refractivity contribution in [1.82, 2.24) is 25.7 Å². The van der Waals surface area contributed by atoms with Crippen molar-refractivity contribution in [3.05, 3.63) is 0 Å². The van der Waals surface area contributed by atoms with Crippen LogP contribution in [0.3, 0.4) is 0 Å². The summed E-state index contributed by atoms with van der Waals surface area (Å²) in [6.07, 6.45) is 0.361. The summed E-state index contributed by atoms with van der Waals surface area (Å²) < 4.78 is 11.1. The van der Waals surface area contributed by atoms with Crippen LogP contribution in [0.5, 0.6) is 0 Å². The maximum atomic E-state index is 13.5. The van der Waals surface area contributed by atoms with E-state index in [4.69, 9.17) is 14.3 Å². The predicted molar refractivity (Wildman–Crippen MR) is 102 cm³/mol. The Hall–Kier alpha value is -0.810. The van der Waals surface area contributed by atoms with E-state index in [0.717, 1.165) is 6.42 Å². The van der Waals surface area contributed by atoms with Crippen LogP contribution in [0.25, 0.3) is 0 Å². The van der Waals surface area contributed by atoms with Gasteiger partial charge in [0.2, 0.25) is 5.79 Å². The molecule has 0 aliphatic carbocycles. The molecule has 0 radical (unpaired) electrons. The second-order valence-electron chi connectivity index (χ2n) is 5.91. The van der Waals surface area contributed by atoms with Crippen LogP contribution >= 0.6 is 0 Å². The lowest BCUT2D eigenvalue weighted by Gasteiger charge is -2.48. The first-order chi connectivity index (χ1) is 12.4. The van der Waals surface area contributed by atoms with E-state index in [9.17, 15) is 4.79 Å². The lowest BCUT2D eigenvalue weighted by atomic mass is 10.2. The number of methoxy groups -OCH3 is 1. The molecule has 2 unspecified atom stereocenters. The van der Waals surface area contributed by atoms with Crippen LogP contribution in [0.1, 0.15) is 34.1 Å². The molecule has 9 heteroatoms. The molecule has 0 rings (SSSR count). The number of hydrogen-bond donors (Lipinski definition) is 2. The summed E-state index contributed by atoms with van der Waals surface area (Å²) in [6, 6.07) is 0. The number of rotatable bonds is 15. The first kappa shape index (κ1) is 25.2. The number of nitrogens with zero attached hydrogens (tertiary/aromatic N) is 3. The van der Waals surface area contributed by atoms with Crippen molar-refractivity contribution in [2.24, 2.45) is 0 Å². The average Bonchev–Trinajstić information content (AvgIpc) is 2.63. The Morgan fingerprint density at radius 3 is 2.23 bits per heavy atom. The second-order valence-corrected chi connectivity index (χ2v) is 5.91. The molecular formula is C17H39N5O4. The molecule has 26 heavy (non-hydrogen) atoms. The van der Waals surface area contributed by atoms with Crippen molar-refractivity contribution in [2.45, 2.75) is 46.2 Å². The summed E-state index contributed by atoms with van der Waals surface area (Å²) in [5, 5.41) is 4.53. The maximum absolute atomic E-state index is 13.5. The van der Waals surface area contributed by atoms with E-state index >= 15 is 0 Å². The lowest BCUT2D eigenvalue weighted by Crippen LogP contribution is -2.75. The van der Waals surface area contributed by atoms with E-state index in [0.29, 0.717) is 32.8 Å². The molecule has 2 N–H and O–H groups in total. The fraction of sp³-hybridized carbons (Fsp3) is 0.941. The van der Waals surface area contributed by atoms with Gasteiger partial charge in [0, 0.05) is 20.8 Å². The molecular weight excluding hydrogens is 338 g/mol. The Morgan fingerprint density at radius 2 is 1.85 bits per heavy atom. The third-order valence-electron chi connectivity index (χ3n) is 4.01. The SMILES string of the molecule is CCCON(NC)C(=O)C(NCC)(N(C)C)N(CC)CC(OC)OCC. The molecule has 0 heterocycles. The van der Waals surface area contributed by atoms with Gasteiger partial charge in [-0.2, -0.15) is 0 Å². The molecule has 0 spiro atoms. The van der Waals surface area contributed by atoms with Gasteiger partial charge >= 0.3 is 5.91 Å². The summed E-state index contributed by atoms with van der Waals surface area (Å²) in [7, 11) is 6.98. The van der Waals surface area contributed by atoms with Gasteiger partial charge in [0.25, 0.3) is 0 Å². The van der Waals surface area contributed by atoms with Crippen molar-refractivity contribution in [1.29, 1.82) is 0 Å². The van der Waals surface area contributed by atoms with Crippen molar-refractivity contribution in [3.8, 4) is 0 Å². The zero-order chi connectivity index (χ0) is 20.2. The fourth-order valence-corrected chi connectivity index (χ4v) is 2.80. The monoisotopic (exact) mass is 377 g/mol. The standard InChI is InChI=1S/C17H39N5O4/c1-9-13-26-22(18-5)16(23)17(19-10-2,20(6)7)21(11-3)14-15(24-8)25-12-4/h15,18-19H,9-14H2,1-8H3. The van der Waals surface area contributed by atoms with Crippen molar-refractivity contribution in [3.63, 3.8) is 0 Å². The Morgan fingerprint density at radius 1 is 1.19 bits per heavy atom. The highest BCUT2D eigenvalue weighted by Crippen LogP contribution is 2.20. The largest absolute Gasteiger partial charge is 0.355 e. The molecule has 0 aliphatic heterocycles. The number of likely N-dealkylation sites (N-methyl/N-ethyl adjacent to an activating group) is 3. The molecule has 1 amide bonds. The van der Waals surface area contributed by atoms with E-state index in [1.165, 1.54) is 5.17 Å². The van der Waals surface area contributed by atoms with Gasteiger partial charge in [-0.3, -0.25) is 24.7 Å². The minimum Gasteiger partial charge on any atom is -0.355 e. The van der Waals surface area contributed by atoms with Crippen molar-refractivity contribution >= 4 is 5.91 Å². The topological polar surface area (TPSA) is 78.5 Å². The van der Waals surface area contributed by atoms with Gasteiger partial charge in [-0.05, 0) is 40.5 Å². The smallest absolute Gasteiger partial charge is 0.312 e. The molecule has 0 aromatic rings. The number of hydroxylamine groups is 1. The van der Waals surface area contributed by atoms with E-state index in [2.05, 4.69) is 10.7 Å². The van der Waals surface area contributed by atoms with Gasteiger partial charge in [0.15, 0.2) is 6.29 Å². The van der Waals surface area contributed by atoms with Gasteiger partial charge < -0.3 is 9.47 Å². The molecule has 0 aromatic heterocycles. The fourth-order valence-electron chi connectivity index (χ4n) is 2.80. The molecule has 0 bridgehead atoms. The molecule has 156 valence electrons. The van der Waals surface area contributed by atoms with Crippen LogP contribution in [-0.4, -0.2) is 94.1 Å². The van der Waals surface area contributed by atoms with Gasteiger partial charge in [-0.25, -0.2) is 5.43 Å². The zero-order valence-electron chi connectivity index (χ0n) is 17.8. The van der Waals surface area contributed by atoms with Crippen LogP contribution in [0, 0.1) is 0 Å². The maximum Gasteiger partial charge on any atom is 0.312 e. The van der Waals surface area contributed by atoms with Gasteiger partial charge in [-0.1, -0.05) is 20.8 Å². The number of carbonyl (C=O) groups is 1. The number of hydrazine groups is 1. The number of hydrogen-bond acceptors (Lipinski definition) is 8. The van der Waals surface area contributed by atoms with Gasteiger partial charge in [-0.15, -0.1) is 5.17 Å². The third-order valence-corrected chi connectivity index (χ3v) is 4.01. The Balaban J connectivity index is 5.84. The Bertz CT molecular complexity index is 386. The number of carbonyl (C=O) groups excluding carboxylic acids is 1. The summed E-state index contributed by atoms with van der Waals surface area (Å²) in [5.74, 6) is -1.37. The normalized spacial score (nSPS) is 15.3. The first-order valence-corrected chi connectivity index (χ1v) is 9.36. The molecule has 0 saturated carbocycles. The van der Waals surface area contributed by atoms with Crippen LogP contribution in [-0.2, 0) is 19.1 Å². The van der Waals surface area contributed by atoms with Gasteiger partial charge in [0.1, 0.15) is 0 Å². The second kappa shape index (κ2) is 13.4. The molecule has 0 fully saturated rings. The first-order valence-electron chi connectivity index (χ1n) is 9.36. The van der Waals surface area contributed by atoms with Crippen LogP contribution in [0.15, 0.2) is 0 Å². The third kappa shape index (κ3) is 6.41. The molecule has 0 saturated heterocycles. The Kier molecular flexibility index (Phi) is 13.0. The highest BCUT2D eigenvalue weighted by Gasteiger charge is 2.49. The lowest BCUT2D eigenvalue weighted by molar-refractivity contribution is -0.232. The molecule has 0 aliphatic rings. The van der Waals surface area contributed by atoms with E-state index in [1.54, 1.807) is 14.2 Å². The van der Waals surface area contributed by atoms with Crippen molar-refractivity contribution < 1.29 is 19.1 Å². The van der Waals surface area contributed by atoms with E-state index in [-0.39, 0.29) is 5.91 Å². The summed E-state index contributed by atoms with van der Waals surface area (Å²) in [4.78, 5) is 22.9. The molecule has 0 aromatic carbocycles. The number of ether oxygens (including phenoxy) is 2. The molecule has 9 nitrogen and oxygen atoms in total. The van der Waals surface area contributed by atoms with E-state index in [1.807, 2.05) is 51.6 Å². The van der Waals surface area contributed by atoms with E-state index < -0.39 is 12.1 Å². The summed E-state index contributed by atoms with van der Waals surface area (Å²) in [5.41, 5.74) is 2.83. The number of amides is 1. The number of nitrogens with one attached hydrogen (secondary N) is 2. The summed E-state index contributed by atoms with van der Waals surface area (Å²) >= 11 is 0. The van der Waals surface area contributed by atoms with Crippen molar-refractivity contribution in [2.75, 3.05) is 61.1 Å². The minimum absolute atomic E-state index is 0.256. The Labute approximate surface area is 158 Å². The highest BCUT2D eigenvalue weighted by atomic mass is 16.7. The predicted octanol–water partition coefficient (Wildman–Crippen LogP) is 0.447. The van der Waals surface area contributed by atoms with Crippen LogP contribution in [0.2, 0.25) is 0 Å². The van der Waals surface area contributed by atoms with Gasteiger partial charge in [0.05, 0.1) is 13.2 Å². The van der Waals surface area contributed by atoms with Crippen LogP contribution in [0.4, 0.5) is 0 Å². The summed E-state index contributed by atoms with van der Waals surface area (Å²) in [6.45, 7) is 10.5.